The molecule has 0 radical (unpaired) electrons. The zero-order chi connectivity index (χ0) is 13.1. The number of hydrogen-bond acceptors (Lipinski definition) is 1. The van der Waals surface area contributed by atoms with E-state index in [0.29, 0.717) is 12.0 Å². The van der Waals surface area contributed by atoms with E-state index in [1.54, 1.807) is 6.07 Å². The van der Waals surface area contributed by atoms with E-state index in [9.17, 15) is 4.39 Å². The largest absolute Gasteiger partial charge is 0.261 e. The molecule has 0 aliphatic rings. The second-order valence-electron chi connectivity index (χ2n) is 4.16. The summed E-state index contributed by atoms with van der Waals surface area (Å²) in [5.41, 5.74) is 2.73. The molecule has 1 heterocycles. The Labute approximate surface area is 123 Å². The molecule has 1 aromatic carbocycles. The average molecular weight is 373 g/mol. The molecule has 0 saturated heterocycles. The van der Waals surface area contributed by atoms with E-state index in [-0.39, 0.29) is 10.6 Å². The molecule has 0 amide bonds. The number of hydrogen-bond donors (Lipinski definition) is 0. The van der Waals surface area contributed by atoms with Crippen molar-refractivity contribution < 1.29 is 4.39 Å². The van der Waals surface area contributed by atoms with E-state index >= 15 is 0 Å². The van der Waals surface area contributed by atoms with Gasteiger partial charge in [-0.15, -0.1) is 0 Å². The van der Waals surface area contributed by atoms with Gasteiger partial charge in [0.1, 0.15) is 5.82 Å². The number of pyridine rings is 1. The van der Waals surface area contributed by atoms with Gasteiger partial charge in [0, 0.05) is 33.2 Å². The third kappa shape index (κ3) is 3.39. The molecule has 0 spiro atoms. The molecule has 0 saturated carbocycles. The lowest BCUT2D eigenvalue weighted by molar-refractivity contribution is 0.606. The smallest absolute Gasteiger partial charge is 0.128 e. The molecule has 0 aliphatic carbocycles. The summed E-state index contributed by atoms with van der Waals surface area (Å²) in [6.07, 6.45) is 2.49. The Kier molecular flexibility index (Phi) is 4.51. The van der Waals surface area contributed by atoms with Gasteiger partial charge in [-0.2, -0.15) is 0 Å². The van der Waals surface area contributed by atoms with Crippen LogP contribution >= 0.6 is 31.9 Å². The highest BCUT2D eigenvalue weighted by molar-refractivity contribution is 9.10. The van der Waals surface area contributed by atoms with Gasteiger partial charge in [-0.1, -0.05) is 44.0 Å². The van der Waals surface area contributed by atoms with Crippen LogP contribution in [0.1, 0.15) is 21.6 Å². The van der Waals surface area contributed by atoms with Gasteiger partial charge >= 0.3 is 0 Å². The number of alkyl halides is 1. The van der Waals surface area contributed by atoms with Crippen LogP contribution in [0, 0.1) is 12.7 Å². The second-order valence-corrected chi connectivity index (χ2v) is 6.19. The number of aromatic nitrogens is 1. The molecule has 1 unspecified atom stereocenters. The van der Waals surface area contributed by atoms with Crippen molar-refractivity contribution in [3.63, 3.8) is 0 Å². The van der Waals surface area contributed by atoms with Crippen LogP contribution in [0.25, 0.3) is 0 Å². The number of rotatable bonds is 3. The molecule has 1 aromatic heterocycles. The summed E-state index contributed by atoms with van der Waals surface area (Å²) in [6.45, 7) is 2.00. The minimum Gasteiger partial charge on any atom is -0.261 e. The highest BCUT2D eigenvalue weighted by Gasteiger charge is 2.14. The van der Waals surface area contributed by atoms with Crippen LogP contribution in [0.3, 0.4) is 0 Å². The van der Waals surface area contributed by atoms with Crippen molar-refractivity contribution >= 4 is 31.9 Å². The Hall–Kier alpha value is -0.740. The summed E-state index contributed by atoms with van der Waals surface area (Å²) in [4.78, 5) is 4.26. The number of benzene rings is 1. The van der Waals surface area contributed by atoms with Gasteiger partial charge < -0.3 is 0 Å². The van der Waals surface area contributed by atoms with Crippen LogP contribution in [0.15, 0.2) is 41.0 Å². The van der Waals surface area contributed by atoms with Crippen molar-refractivity contribution in [1.29, 1.82) is 0 Å². The van der Waals surface area contributed by atoms with E-state index in [1.807, 2.05) is 31.3 Å². The Morgan fingerprint density at radius 3 is 2.67 bits per heavy atom. The summed E-state index contributed by atoms with van der Waals surface area (Å²) in [7, 11) is 0. The van der Waals surface area contributed by atoms with E-state index < -0.39 is 0 Å². The fourth-order valence-corrected chi connectivity index (χ4v) is 2.70. The van der Waals surface area contributed by atoms with Crippen LogP contribution in [0.4, 0.5) is 4.39 Å². The lowest BCUT2D eigenvalue weighted by Crippen LogP contribution is -2.00. The van der Waals surface area contributed by atoms with Crippen LogP contribution in [0.2, 0.25) is 0 Å². The zero-order valence-corrected chi connectivity index (χ0v) is 13.0. The van der Waals surface area contributed by atoms with Crippen LogP contribution in [-0.2, 0) is 6.42 Å². The fourth-order valence-electron chi connectivity index (χ4n) is 1.67. The molecule has 0 bridgehead atoms. The fraction of sp³-hybridized carbons (Fsp3) is 0.214. The lowest BCUT2D eigenvalue weighted by atomic mass is 10.1. The van der Waals surface area contributed by atoms with Gasteiger partial charge in [-0.05, 0) is 30.7 Å². The molecule has 4 heteroatoms. The second kappa shape index (κ2) is 5.93. The first kappa shape index (κ1) is 13.7. The molecule has 1 atom stereocenters. The molecular formula is C14H12Br2FN. The molecule has 0 fully saturated rings. The zero-order valence-electron chi connectivity index (χ0n) is 9.83. The maximum absolute atomic E-state index is 13.8. The maximum atomic E-state index is 13.8. The Morgan fingerprint density at radius 2 is 2.06 bits per heavy atom. The first-order valence-electron chi connectivity index (χ1n) is 5.57. The number of nitrogens with zero attached hydrogens (tertiary/aromatic N) is 1. The van der Waals surface area contributed by atoms with Gasteiger partial charge in [-0.25, -0.2) is 4.39 Å². The first-order valence-corrected chi connectivity index (χ1v) is 7.27. The van der Waals surface area contributed by atoms with E-state index in [1.165, 1.54) is 6.07 Å². The first-order chi connectivity index (χ1) is 8.56. The summed E-state index contributed by atoms with van der Waals surface area (Å²) in [5, 5.41) is 0. The molecule has 0 N–H and O–H groups in total. The van der Waals surface area contributed by atoms with Crippen LogP contribution in [-0.4, -0.2) is 4.98 Å². The molecule has 2 aromatic rings. The predicted molar refractivity (Wildman–Crippen MR) is 78.4 cm³/mol. The monoisotopic (exact) mass is 371 g/mol. The van der Waals surface area contributed by atoms with Crippen molar-refractivity contribution in [2.45, 2.75) is 18.2 Å². The Balaban J connectivity index is 2.16. The Bertz CT molecular complexity index is 540. The quantitative estimate of drug-likeness (QED) is 0.693. The third-order valence-electron chi connectivity index (χ3n) is 2.66. The average Bonchev–Trinajstić information content (AvgIpc) is 2.32. The van der Waals surface area contributed by atoms with E-state index in [0.717, 1.165) is 15.7 Å². The molecule has 1 nitrogen and oxygen atoms in total. The van der Waals surface area contributed by atoms with E-state index in [4.69, 9.17) is 0 Å². The minimum atomic E-state index is -0.210. The van der Waals surface area contributed by atoms with Crippen LogP contribution in [0.5, 0.6) is 0 Å². The normalized spacial score (nSPS) is 12.4. The van der Waals surface area contributed by atoms with Crippen molar-refractivity contribution in [3.8, 4) is 0 Å². The number of aryl methyl sites for hydroxylation is 1. The SMILES string of the molecule is Cc1ccc(CC(Br)c2ccc(Br)cc2F)nc1. The Morgan fingerprint density at radius 1 is 1.28 bits per heavy atom. The molecular weight excluding hydrogens is 361 g/mol. The third-order valence-corrected chi connectivity index (χ3v) is 3.97. The van der Waals surface area contributed by atoms with Gasteiger partial charge in [0.05, 0.1) is 0 Å². The molecule has 0 aliphatic heterocycles. The maximum Gasteiger partial charge on any atom is 0.128 e. The summed E-state index contributed by atoms with van der Waals surface area (Å²) < 4.78 is 14.5. The van der Waals surface area contributed by atoms with Crippen molar-refractivity contribution in [2.24, 2.45) is 0 Å². The standard InChI is InChI=1S/C14H12Br2FN/c1-9-2-4-11(18-8-9)7-13(16)12-5-3-10(15)6-14(12)17/h2-6,8,13H,7H2,1H3. The van der Waals surface area contributed by atoms with Crippen molar-refractivity contribution in [2.75, 3.05) is 0 Å². The summed E-state index contributed by atoms with van der Waals surface area (Å²) >= 11 is 6.77. The molecule has 18 heavy (non-hydrogen) atoms. The van der Waals surface area contributed by atoms with Gasteiger partial charge in [-0.3, -0.25) is 4.98 Å². The molecule has 2 rings (SSSR count). The molecule has 94 valence electrons. The van der Waals surface area contributed by atoms with E-state index in [2.05, 4.69) is 36.8 Å². The highest BCUT2D eigenvalue weighted by atomic mass is 79.9. The minimum absolute atomic E-state index is 0.0687. The van der Waals surface area contributed by atoms with Gasteiger partial charge in [0.15, 0.2) is 0 Å². The topological polar surface area (TPSA) is 12.9 Å². The highest BCUT2D eigenvalue weighted by Crippen LogP contribution is 2.30. The van der Waals surface area contributed by atoms with Gasteiger partial charge in [0.25, 0.3) is 0 Å². The predicted octanol–water partition coefficient (Wildman–Crippen LogP) is 4.97. The lowest BCUT2D eigenvalue weighted by Gasteiger charge is -2.11. The van der Waals surface area contributed by atoms with Crippen LogP contribution < -0.4 is 0 Å². The summed E-state index contributed by atoms with van der Waals surface area (Å²) in [5.74, 6) is -0.210. The van der Waals surface area contributed by atoms with Crippen molar-refractivity contribution in [3.05, 3.63) is 63.6 Å². The van der Waals surface area contributed by atoms with Crippen molar-refractivity contribution in [1.82, 2.24) is 4.98 Å². The van der Waals surface area contributed by atoms with Gasteiger partial charge in [0.2, 0.25) is 0 Å². The number of halogens is 3. The summed E-state index contributed by atoms with van der Waals surface area (Å²) in [6, 6.07) is 9.09.